The number of carbonyl (C=O) groups excluding carboxylic acids is 1. The number of anilines is 1. The van der Waals surface area contributed by atoms with Crippen molar-refractivity contribution in [1.29, 1.82) is 0 Å². The van der Waals surface area contributed by atoms with Crippen LogP contribution in [0.3, 0.4) is 0 Å². The van der Waals surface area contributed by atoms with Crippen molar-refractivity contribution in [3.8, 4) is 5.75 Å². The highest BCUT2D eigenvalue weighted by Gasteiger charge is 2.52. The van der Waals surface area contributed by atoms with Crippen molar-refractivity contribution in [2.24, 2.45) is 23.2 Å². The lowest BCUT2D eigenvalue weighted by Crippen LogP contribution is -2.56. The molecular formula is C39H54ClN3O6S. The Labute approximate surface area is 303 Å². The number of amides is 1. The Morgan fingerprint density at radius 2 is 1.78 bits per heavy atom. The summed E-state index contributed by atoms with van der Waals surface area (Å²) in [5.74, 6) is 0.726. The number of aryl methyl sites for hydroxylation is 1. The SMILES string of the molecule is C[C@@H]1[C@@H](C)CCC[C@@](C)([C@H]2OC[C@@H](N(C)C)CO2)[C@@H]2CC[C@H]2CN2C[C@@]3(CCCc4cc(Cl)ccc43)COc3ccc(cc32)C(=O)NS1(=O)=O. The summed E-state index contributed by atoms with van der Waals surface area (Å²) < 4.78 is 49.3. The summed E-state index contributed by atoms with van der Waals surface area (Å²) >= 11 is 6.48. The quantitative estimate of drug-likeness (QED) is 0.379. The summed E-state index contributed by atoms with van der Waals surface area (Å²) in [6.07, 6.45) is 7.32. The molecule has 0 aromatic heterocycles. The first-order valence-electron chi connectivity index (χ1n) is 18.6. The third kappa shape index (κ3) is 6.68. The molecule has 50 heavy (non-hydrogen) atoms. The Balaban J connectivity index is 1.29. The lowest BCUT2D eigenvalue weighted by atomic mass is 9.57. The molecule has 7 rings (SSSR count). The second-order valence-electron chi connectivity index (χ2n) is 16.4. The molecule has 1 saturated carbocycles. The minimum Gasteiger partial charge on any atom is -0.490 e. The number of fused-ring (bicyclic) bond motifs is 4. The first-order chi connectivity index (χ1) is 23.8. The number of nitrogens with one attached hydrogen (secondary N) is 1. The largest absolute Gasteiger partial charge is 0.490 e. The van der Waals surface area contributed by atoms with Gasteiger partial charge in [0.2, 0.25) is 10.0 Å². The highest BCUT2D eigenvalue weighted by Crippen LogP contribution is 2.54. The molecule has 2 aliphatic carbocycles. The summed E-state index contributed by atoms with van der Waals surface area (Å²) in [6.45, 7) is 9.32. The molecule has 1 saturated heterocycles. The maximum atomic E-state index is 13.6. The number of halogens is 1. The number of benzene rings is 2. The topological polar surface area (TPSA) is 97.4 Å². The number of likely N-dealkylation sites (N-methyl/N-ethyl adjacent to an activating group) is 1. The zero-order chi connectivity index (χ0) is 35.4. The first kappa shape index (κ1) is 36.0. The molecule has 0 radical (unpaired) electrons. The number of hydrogen-bond acceptors (Lipinski definition) is 8. The van der Waals surface area contributed by atoms with Crippen LogP contribution in [0.25, 0.3) is 0 Å². The Morgan fingerprint density at radius 3 is 2.50 bits per heavy atom. The smallest absolute Gasteiger partial charge is 0.264 e. The van der Waals surface area contributed by atoms with E-state index in [9.17, 15) is 13.2 Å². The molecule has 1 spiro atoms. The van der Waals surface area contributed by atoms with E-state index in [0.29, 0.717) is 37.2 Å². The van der Waals surface area contributed by atoms with Gasteiger partial charge >= 0.3 is 0 Å². The highest BCUT2D eigenvalue weighted by atomic mass is 35.5. The number of carbonyl (C=O) groups is 1. The summed E-state index contributed by atoms with van der Waals surface area (Å²) in [7, 11) is 0.207. The van der Waals surface area contributed by atoms with Crippen LogP contribution in [-0.4, -0.2) is 83.8 Å². The van der Waals surface area contributed by atoms with Crippen LogP contribution in [0.15, 0.2) is 36.4 Å². The number of ether oxygens (including phenoxy) is 3. The molecule has 2 aromatic rings. The molecule has 2 bridgehead atoms. The van der Waals surface area contributed by atoms with Crippen LogP contribution in [0.1, 0.15) is 87.2 Å². The van der Waals surface area contributed by atoms with Crippen LogP contribution in [0.2, 0.25) is 5.02 Å². The van der Waals surface area contributed by atoms with Crippen LogP contribution in [0, 0.1) is 23.2 Å². The second kappa shape index (κ2) is 13.9. The van der Waals surface area contributed by atoms with Gasteiger partial charge in [-0.15, -0.1) is 0 Å². The monoisotopic (exact) mass is 727 g/mol. The number of hydrogen-bond donors (Lipinski definition) is 1. The van der Waals surface area contributed by atoms with E-state index in [1.807, 2.05) is 25.1 Å². The maximum Gasteiger partial charge on any atom is 0.264 e. The van der Waals surface area contributed by atoms with Gasteiger partial charge in [0.25, 0.3) is 5.91 Å². The lowest BCUT2D eigenvalue weighted by molar-refractivity contribution is -0.272. The van der Waals surface area contributed by atoms with Crippen molar-refractivity contribution in [1.82, 2.24) is 9.62 Å². The minimum absolute atomic E-state index is 0.138. The van der Waals surface area contributed by atoms with Gasteiger partial charge in [0, 0.05) is 34.5 Å². The summed E-state index contributed by atoms with van der Waals surface area (Å²) in [4.78, 5) is 18.2. The molecule has 2 aromatic carbocycles. The van der Waals surface area contributed by atoms with Gasteiger partial charge in [0.15, 0.2) is 6.29 Å². The van der Waals surface area contributed by atoms with Crippen LogP contribution in [0.4, 0.5) is 5.69 Å². The van der Waals surface area contributed by atoms with Gasteiger partial charge in [-0.2, -0.15) is 0 Å². The molecule has 1 amide bonds. The highest BCUT2D eigenvalue weighted by molar-refractivity contribution is 7.90. The molecule has 274 valence electrons. The molecule has 9 nitrogen and oxygen atoms in total. The van der Waals surface area contributed by atoms with Gasteiger partial charge in [-0.25, -0.2) is 13.1 Å². The first-order valence-corrected chi connectivity index (χ1v) is 20.5. The van der Waals surface area contributed by atoms with Crippen LogP contribution >= 0.6 is 11.6 Å². The van der Waals surface area contributed by atoms with Crippen LogP contribution in [-0.2, 0) is 31.3 Å². The van der Waals surface area contributed by atoms with E-state index in [-0.39, 0.29) is 29.1 Å². The fourth-order valence-corrected chi connectivity index (χ4v) is 11.0. The van der Waals surface area contributed by atoms with Crippen molar-refractivity contribution in [3.05, 3.63) is 58.1 Å². The van der Waals surface area contributed by atoms with Gasteiger partial charge < -0.3 is 24.0 Å². The van der Waals surface area contributed by atoms with Crippen molar-refractivity contribution in [2.45, 2.75) is 95.1 Å². The van der Waals surface area contributed by atoms with E-state index in [0.717, 1.165) is 80.9 Å². The lowest BCUT2D eigenvalue weighted by Gasteiger charge is -2.54. The van der Waals surface area contributed by atoms with Gasteiger partial charge in [-0.05, 0) is 125 Å². The zero-order valence-electron chi connectivity index (χ0n) is 30.3. The van der Waals surface area contributed by atoms with Crippen molar-refractivity contribution < 1.29 is 27.4 Å². The van der Waals surface area contributed by atoms with E-state index in [2.05, 4.69) is 47.7 Å². The fraction of sp³-hybridized carbons (Fsp3) is 0.667. The molecule has 0 unspecified atom stereocenters. The summed E-state index contributed by atoms with van der Waals surface area (Å²) in [5, 5.41) is 0.0177. The average molecular weight is 728 g/mol. The Morgan fingerprint density at radius 1 is 1.00 bits per heavy atom. The maximum absolute atomic E-state index is 13.6. The summed E-state index contributed by atoms with van der Waals surface area (Å²) in [6, 6.07) is 11.9. The zero-order valence-corrected chi connectivity index (χ0v) is 31.8. The van der Waals surface area contributed by atoms with Gasteiger partial charge in [0.1, 0.15) is 5.75 Å². The van der Waals surface area contributed by atoms with E-state index >= 15 is 0 Å². The average Bonchev–Trinajstić information content (AvgIpc) is 3.22. The van der Waals surface area contributed by atoms with E-state index in [1.54, 1.807) is 13.0 Å². The normalized spacial score (nSPS) is 36.0. The Kier molecular flexibility index (Phi) is 10.00. The van der Waals surface area contributed by atoms with Crippen molar-refractivity contribution >= 4 is 33.2 Å². The standard InChI is InChI=1S/C39H54ClN3O6S/c1-25-8-6-16-38(3,37-47-21-31(22-48-37)42(4)5)32-13-10-29(32)20-43-23-39(17-7-9-27-18-30(40)12-14-33(27)39)24-49-35-15-11-28(19-34(35)43)36(44)41-50(45,46)26(25)2/h11-12,14-15,18-19,25-26,29,31-32,37H,6-10,13,16-17,20-24H2,1-5H3,(H,41,44)/t25-,26+,29-,31-,32+,37+,38+,39-/m0/s1. The predicted molar refractivity (Wildman–Crippen MR) is 197 cm³/mol. The molecule has 5 aliphatic rings. The molecular weight excluding hydrogens is 674 g/mol. The molecule has 6 atom stereocenters. The van der Waals surface area contributed by atoms with Gasteiger partial charge in [-0.3, -0.25) is 4.79 Å². The number of sulfonamides is 1. The minimum atomic E-state index is -3.92. The number of rotatable bonds is 2. The molecule has 3 aliphatic heterocycles. The Hall–Kier alpha value is -2.37. The van der Waals surface area contributed by atoms with Crippen molar-refractivity contribution in [3.63, 3.8) is 0 Å². The third-order valence-electron chi connectivity index (χ3n) is 13.1. The van der Waals surface area contributed by atoms with E-state index in [1.165, 1.54) is 11.1 Å². The second-order valence-corrected chi connectivity index (χ2v) is 18.9. The van der Waals surface area contributed by atoms with Crippen LogP contribution in [0.5, 0.6) is 5.75 Å². The molecule has 2 fully saturated rings. The fourth-order valence-electron chi connectivity index (χ4n) is 9.47. The predicted octanol–water partition coefficient (Wildman–Crippen LogP) is 6.42. The number of nitrogens with zero attached hydrogens (tertiary/aromatic N) is 2. The van der Waals surface area contributed by atoms with Crippen LogP contribution < -0.4 is 14.4 Å². The van der Waals surface area contributed by atoms with E-state index < -0.39 is 21.2 Å². The molecule has 11 heteroatoms. The van der Waals surface area contributed by atoms with Gasteiger partial charge in [0.05, 0.1) is 36.8 Å². The molecule has 3 heterocycles. The Bertz CT molecular complexity index is 1700. The molecule has 1 N–H and O–H groups in total. The van der Waals surface area contributed by atoms with Gasteiger partial charge in [-0.1, -0.05) is 37.9 Å². The van der Waals surface area contributed by atoms with Crippen molar-refractivity contribution in [2.75, 3.05) is 51.9 Å². The summed E-state index contributed by atoms with van der Waals surface area (Å²) in [5.41, 5.74) is 3.22. The third-order valence-corrected chi connectivity index (χ3v) is 15.2. The van der Waals surface area contributed by atoms with E-state index in [4.69, 9.17) is 25.8 Å².